The topological polar surface area (TPSA) is 24.9 Å². The highest BCUT2D eigenvalue weighted by Crippen LogP contribution is 2.33. The maximum absolute atomic E-state index is 14.0. The first-order chi connectivity index (χ1) is 9.02. The van der Waals surface area contributed by atoms with E-state index in [0.29, 0.717) is 11.5 Å². The van der Waals surface area contributed by atoms with Crippen molar-refractivity contribution >= 4 is 11.3 Å². The Kier molecular flexibility index (Phi) is 4.32. The van der Waals surface area contributed by atoms with Gasteiger partial charge in [0.1, 0.15) is 10.8 Å². The standard InChI is InChI=1S/C15H19FN2S/c1-9(2)14-13(8-17-4)19-15(18-14)11-6-5-10(3)7-12(11)16/h5-7,9,17H,8H2,1-4H3. The molecule has 1 heterocycles. The normalized spacial score (nSPS) is 11.3. The van der Waals surface area contributed by atoms with Gasteiger partial charge in [-0.3, -0.25) is 0 Å². The average molecular weight is 278 g/mol. The van der Waals surface area contributed by atoms with E-state index in [1.807, 2.05) is 26.1 Å². The number of aromatic nitrogens is 1. The third kappa shape index (κ3) is 3.01. The van der Waals surface area contributed by atoms with Crippen LogP contribution < -0.4 is 5.32 Å². The molecule has 0 unspecified atom stereocenters. The molecule has 0 bridgehead atoms. The summed E-state index contributed by atoms with van der Waals surface area (Å²) in [5, 5.41) is 3.91. The van der Waals surface area contributed by atoms with Crippen molar-refractivity contribution in [2.24, 2.45) is 0 Å². The van der Waals surface area contributed by atoms with Crippen LogP contribution in [-0.2, 0) is 6.54 Å². The molecule has 1 N–H and O–H groups in total. The number of nitrogens with one attached hydrogen (secondary N) is 1. The highest BCUT2D eigenvalue weighted by atomic mass is 32.1. The van der Waals surface area contributed by atoms with Crippen molar-refractivity contribution < 1.29 is 4.39 Å². The van der Waals surface area contributed by atoms with Crippen LogP contribution >= 0.6 is 11.3 Å². The molecular weight excluding hydrogens is 259 g/mol. The molecule has 2 nitrogen and oxygen atoms in total. The van der Waals surface area contributed by atoms with E-state index < -0.39 is 0 Å². The Balaban J connectivity index is 2.47. The summed E-state index contributed by atoms with van der Waals surface area (Å²) in [5.74, 6) is 0.155. The van der Waals surface area contributed by atoms with Crippen molar-refractivity contribution in [2.75, 3.05) is 7.05 Å². The van der Waals surface area contributed by atoms with Gasteiger partial charge in [-0.15, -0.1) is 11.3 Å². The van der Waals surface area contributed by atoms with Crippen molar-refractivity contribution in [3.05, 3.63) is 40.2 Å². The van der Waals surface area contributed by atoms with Crippen molar-refractivity contribution in [2.45, 2.75) is 33.2 Å². The molecule has 0 amide bonds. The monoisotopic (exact) mass is 278 g/mol. The van der Waals surface area contributed by atoms with Gasteiger partial charge in [-0.05, 0) is 37.6 Å². The Hall–Kier alpha value is -1.26. The van der Waals surface area contributed by atoms with Crippen LogP contribution in [0.15, 0.2) is 18.2 Å². The van der Waals surface area contributed by atoms with E-state index in [2.05, 4.69) is 24.1 Å². The van der Waals surface area contributed by atoms with E-state index in [1.54, 1.807) is 17.4 Å². The van der Waals surface area contributed by atoms with Crippen LogP contribution in [0.25, 0.3) is 10.6 Å². The lowest BCUT2D eigenvalue weighted by Crippen LogP contribution is -2.06. The molecule has 0 fully saturated rings. The minimum absolute atomic E-state index is 0.194. The number of hydrogen-bond donors (Lipinski definition) is 1. The van der Waals surface area contributed by atoms with Gasteiger partial charge in [0.05, 0.1) is 5.69 Å². The third-order valence-electron chi connectivity index (χ3n) is 2.97. The molecule has 0 atom stereocenters. The van der Waals surface area contributed by atoms with E-state index in [1.165, 1.54) is 4.88 Å². The zero-order valence-corrected chi connectivity index (χ0v) is 12.6. The van der Waals surface area contributed by atoms with E-state index >= 15 is 0 Å². The van der Waals surface area contributed by atoms with Crippen molar-refractivity contribution in [3.63, 3.8) is 0 Å². The first kappa shape index (κ1) is 14.2. The Morgan fingerprint density at radius 2 is 2.11 bits per heavy atom. The molecule has 4 heteroatoms. The zero-order valence-electron chi connectivity index (χ0n) is 11.7. The fourth-order valence-electron chi connectivity index (χ4n) is 2.01. The van der Waals surface area contributed by atoms with Gasteiger partial charge in [-0.2, -0.15) is 0 Å². The highest BCUT2D eigenvalue weighted by molar-refractivity contribution is 7.15. The predicted molar refractivity (Wildman–Crippen MR) is 79.1 cm³/mol. The Morgan fingerprint density at radius 3 is 2.68 bits per heavy atom. The fourth-order valence-corrected chi connectivity index (χ4v) is 3.27. The third-order valence-corrected chi connectivity index (χ3v) is 4.07. The summed E-state index contributed by atoms with van der Waals surface area (Å²) in [6, 6.07) is 5.30. The summed E-state index contributed by atoms with van der Waals surface area (Å²) >= 11 is 1.57. The van der Waals surface area contributed by atoms with Crippen LogP contribution in [0.3, 0.4) is 0 Å². The van der Waals surface area contributed by atoms with Gasteiger partial charge >= 0.3 is 0 Å². The number of benzene rings is 1. The molecule has 0 aliphatic heterocycles. The van der Waals surface area contributed by atoms with Gasteiger partial charge in [-0.1, -0.05) is 19.9 Å². The molecule has 0 radical (unpaired) electrons. The Labute approximate surface area is 117 Å². The van der Waals surface area contributed by atoms with E-state index in [-0.39, 0.29) is 5.82 Å². The van der Waals surface area contributed by atoms with Crippen LogP contribution in [0.1, 0.15) is 35.9 Å². The molecule has 0 aliphatic rings. The Bertz CT molecular complexity index is 576. The summed E-state index contributed by atoms with van der Waals surface area (Å²) in [7, 11) is 1.91. The summed E-state index contributed by atoms with van der Waals surface area (Å²) in [5.41, 5.74) is 2.59. The number of hydrogen-bond acceptors (Lipinski definition) is 3. The van der Waals surface area contributed by atoms with Crippen LogP contribution in [-0.4, -0.2) is 12.0 Å². The van der Waals surface area contributed by atoms with Crippen LogP contribution in [0.2, 0.25) is 0 Å². The smallest absolute Gasteiger partial charge is 0.133 e. The van der Waals surface area contributed by atoms with E-state index in [4.69, 9.17) is 0 Å². The largest absolute Gasteiger partial charge is 0.315 e. The summed E-state index contributed by atoms with van der Waals surface area (Å²) in [4.78, 5) is 5.82. The number of halogens is 1. The minimum atomic E-state index is -0.194. The Morgan fingerprint density at radius 1 is 1.37 bits per heavy atom. The molecule has 0 saturated carbocycles. The molecule has 2 aromatic rings. The van der Waals surface area contributed by atoms with Crippen molar-refractivity contribution in [1.29, 1.82) is 0 Å². The lowest BCUT2D eigenvalue weighted by molar-refractivity contribution is 0.630. The van der Waals surface area contributed by atoms with Gasteiger partial charge in [0.2, 0.25) is 0 Å². The van der Waals surface area contributed by atoms with Crippen LogP contribution in [0.5, 0.6) is 0 Å². The SMILES string of the molecule is CNCc1sc(-c2ccc(C)cc2F)nc1C(C)C. The second kappa shape index (κ2) is 5.80. The molecular formula is C15H19FN2S. The predicted octanol–water partition coefficient (Wildman–Crippen LogP) is 4.10. The van der Waals surface area contributed by atoms with Gasteiger partial charge in [0.25, 0.3) is 0 Å². The number of thiazole rings is 1. The summed E-state index contributed by atoms with van der Waals surface area (Å²) in [6.07, 6.45) is 0. The maximum atomic E-state index is 14.0. The molecule has 102 valence electrons. The minimum Gasteiger partial charge on any atom is -0.315 e. The highest BCUT2D eigenvalue weighted by Gasteiger charge is 2.16. The molecule has 1 aromatic heterocycles. The van der Waals surface area contributed by atoms with E-state index in [0.717, 1.165) is 22.8 Å². The average Bonchev–Trinajstić information content (AvgIpc) is 2.73. The van der Waals surface area contributed by atoms with Gasteiger partial charge in [-0.25, -0.2) is 9.37 Å². The first-order valence-corrected chi connectivity index (χ1v) is 7.25. The molecule has 0 spiro atoms. The molecule has 0 saturated heterocycles. The van der Waals surface area contributed by atoms with Gasteiger partial charge < -0.3 is 5.32 Å². The molecule has 0 aliphatic carbocycles. The summed E-state index contributed by atoms with van der Waals surface area (Å²) < 4.78 is 14.0. The van der Waals surface area contributed by atoms with Gasteiger partial charge in [0, 0.05) is 17.0 Å². The fraction of sp³-hybridized carbons (Fsp3) is 0.400. The second-order valence-electron chi connectivity index (χ2n) is 5.00. The lowest BCUT2D eigenvalue weighted by atomic mass is 10.1. The first-order valence-electron chi connectivity index (χ1n) is 6.43. The van der Waals surface area contributed by atoms with Crippen LogP contribution in [0.4, 0.5) is 4.39 Å². The number of aryl methyl sites for hydroxylation is 1. The van der Waals surface area contributed by atoms with E-state index in [9.17, 15) is 4.39 Å². The zero-order chi connectivity index (χ0) is 14.0. The molecule has 1 aromatic carbocycles. The summed E-state index contributed by atoms with van der Waals surface area (Å²) in [6.45, 7) is 6.90. The van der Waals surface area contributed by atoms with Gasteiger partial charge in [0.15, 0.2) is 0 Å². The molecule has 2 rings (SSSR count). The molecule has 19 heavy (non-hydrogen) atoms. The maximum Gasteiger partial charge on any atom is 0.133 e. The number of rotatable bonds is 4. The lowest BCUT2D eigenvalue weighted by Gasteiger charge is -2.03. The second-order valence-corrected chi connectivity index (χ2v) is 6.08. The quantitative estimate of drug-likeness (QED) is 0.910. The van der Waals surface area contributed by atoms with Crippen molar-refractivity contribution in [3.8, 4) is 10.6 Å². The van der Waals surface area contributed by atoms with Crippen molar-refractivity contribution in [1.82, 2.24) is 10.3 Å². The van der Waals surface area contributed by atoms with Crippen LogP contribution in [0, 0.1) is 12.7 Å². The number of nitrogens with zero attached hydrogens (tertiary/aromatic N) is 1.